The lowest BCUT2D eigenvalue weighted by Gasteiger charge is -2.17. The van der Waals surface area contributed by atoms with Crippen molar-refractivity contribution in [1.29, 1.82) is 0 Å². The van der Waals surface area contributed by atoms with Gasteiger partial charge >= 0.3 is 0 Å². The Kier molecular flexibility index (Phi) is 5.88. The molecule has 0 aliphatic heterocycles. The van der Waals surface area contributed by atoms with Crippen LogP contribution in [0, 0.1) is 0 Å². The number of carbonyl (C=O) groups excluding carboxylic acids is 1. The first-order valence-electron chi connectivity index (χ1n) is 8.79. The second-order valence-electron chi connectivity index (χ2n) is 6.32. The van der Waals surface area contributed by atoms with Gasteiger partial charge < -0.3 is 5.32 Å². The summed E-state index contributed by atoms with van der Waals surface area (Å²) in [7, 11) is -3.60. The van der Waals surface area contributed by atoms with Gasteiger partial charge in [-0.15, -0.1) is 0 Å². The first-order chi connectivity index (χ1) is 13.0. The summed E-state index contributed by atoms with van der Waals surface area (Å²) < 4.78 is 26.8. The zero-order valence-electron chi connectivity index (χ0n) is 15.1. The van der Waals surface area contributed by atoms with Gasteiger partial charge in [0.25, 0.3) is 0 Å². The molecule has 6 heteroatoms. The maximum Gasteiger partial charge on any atom is 0.240 e. The van der Waals surface area contributed by atoms with Crippen molar-refractivity contribution in [1.82, 2.24) is 10.0 Å². The molecule has 0 aliphatic carbocycles. The number of amides is 1. The van der Waals surface area contributed by atoms with Crippen LogP contribution in [0.25, 0.3) is 10.8 Å². The molecule has 140 valence electrons. The van der Waals surface area contributed by atoms with Gasteiger partial charge in [0, 0.05) is 13.0 Å². The molecule has 0 saturated carbocycles. The number of hydrogen-bond donors (Lipinski definition) is 2. The number of nitrogens with one attached hydrogen (secondary N) is 2. The number of fused-ring (bicyclic) bond motifs is 1. The topological polar surface area (TPSA) is 75.3 Å². The second kappa shape index (κ2) is 8.33. The van der Waals surface area contributed by atoms with Gasteiger partial charge in [-0.25, -0.2) is 13.1 Å². The maximum absolute atomic E-state index is 12.2. The Hall–Kier alpha value is -2.70. The summed E-state index contributed by atoms with van der Waals surface area (Å²) in [6.45, 7) is 1.97. The van der Waals surface area contributed by atoms with Gasteiger partial charge in [0.2, 0.25) is 15.9 Å². The van der Waals surface area contributed by atoms with Crippen LogP contribution < -0.4 is 10.0 Å². The largest absolute Gasteiger partial charge is 0.350 e. The monoisotopic (exact) mass is 382 g/mol. The Bertz CT molecular complexity index is 1030. The number of sulfonamides is 1. The van der Waals surface area contributed by atoms with Gasteiger partial charge in [-0.3, -0.25) is 4.79 Å². The highest BCUT2D eigenvalue weighted by molar-refractivity contribution is 7.89. The highest BCUT2D eigenvalue weighted by Crippen LogP contribution is 2.24. The van der Waals surface area contributed by atoms with Gasteiger partial charge in [-0.05, 0) is 35.4 Å². The normalized spacial score (nSPS) is 12.6. The predicted octanol–water partition coefficient (Wildman–Crippen LogP) is 3.39. The van der Waals surface area contributed by atoms with Gasteiger partial charge in [0.05, 0.1) is 10.9 Å². The molecular weight excluding hydrogens is 360 g/mol. The van der Waals surface area contributed by atoms with Crippen LogP contribution in [-0.4, -0.2) is 20.9 Å². The van der Waals surface area contributed by atoms with E-state index in [0.717, 1.165) is 16.3 Å². The molecule has 1 unspecified atom stereocenters. The molecule has 0 aliphatic rings. The summed E-state index contributed by atoms with van der Waals surface area (Å²) in [5.74, 6) is -0.203. The Morgan fingerprint density at radius 3 is 2.37 bits per heavy atom. The Balaban J connectivity index is 1.58. The molecule has 3 aromatic carbocycles. The Labute approximate surface area is 159 Å². The summed E-state index contributed by atoms with van der Waals surface area (Å²) in [6.07, 6.45) is 0.0706. The standard InChI is InChI=1S/C21H22N2O3S/c1-16(19-13-7-9-17-8-5-6-12-20(17)19)23-21(24)14-15-22-27(25,26)18-10-3-2-4-11-18/h2-13,16,22H,14-15H2,1H3,(H,23,24). The highest BCUT2D eigenvalue weighted by atomic mass is 32.2. The van der Waals surface area contributed by atoms with E-state index in [1.54, 1.807) is 18.2 Å². The molecule has 0 radical (unpaired) electrons. The van der Waals surface area contributed by atoms with Crippen molar-refractivity contribution in [3.63, 3.8) is 0 Å². The average Bonchev–Trinajstić information content (AvgIpc) is 2.68. The van der Waals surface area contributed by atoms with Crippen molar-refractivity contribution in [3.8, 4) is 0 Å². The van der Waals surface area contributed by atoms with E-state index in [4.69, 9.17) is 0 Å². The smallest absolute Gasteiger partial charge is 0.240 e. The van der Waals surface area contributed by atoms with Crippen molar-refractivity contribution >= 4 is 26.7 Å². The van der Waals surface area contributed by atoms with Crippen molar-refractivity contribution in [2.24, 2.45) is 0 Å². The minimum absolute atomic E-state index is 0.0469. The fourth-order valence-corrected chi connectivity index (χ4v) is 4.05. The summed E-state index contributed by atoms with van der Waals surface area (Å²) in [5.41, 5.74) is 1.03. The summed E-state index contributed by atoms with van der Waals surface area (Å²) in [5, 5.41) is 5.15. The van der Waals surface area contributed by atoms with E-state index < -0.39 is 10.0 Å². The van der Waals surface area contributed by atoms with Gasteiger partial charge in [-0.2, -0.15) is 0 Å². The lowest BCUT2D eigenvalue weighted by molar-refractivity contribution is -0.121. The maximum atomic E-state index is 12.2. The molecule has 2 N–H and O–H groups in total. The van der Waals surface area contributed by atoms with Crippen LogP contribution in [0.2, 0.25) is 0 Å². The van der Waals surface area contributed by atoms with Crippen molar-refractivity contribution in [2.45, 2.75) is 24.3 Å². The van der Waals surface area contributed by atoms with Crippen LogP contribution in [0.4, 0.5) is 0 Å². The SMILES string of the molecule is CC(NC(=O)CCNS(=O)(=O)c1ccccc1)c1cccc2ccccc12. The number of rotatable bonds is 7. The molecule has 0 heterocycles. The minimum Gasteiger partial charge on any atom is -0.350 e. The molecule has 3 aromatic rings. The minimum atomic E-state index is -3.60. The molecule has 3 rings (SSSR count). The molecule has 1 atom stereocenters. The third kappa shape index (κ3) is 4.72. The van der Waals surface area contributed by atoms with Crippen molar-refractivity contribution < 1.29 is 13.2 Å². The van der Waals surface area contributed by atoms with Gasteiger partial charge in [0.15, 0.2) is 0 Å². The molecule has 0 bridgehead atoms. The third-order valence-electron chi connectivity index (χ3n) is 4.37. The van der Waals surface area contributed by atoms with E-state index in [2.05, 4.69) is 10.0 Å². The quantitative estimate of drug-likeness (QED) is 0.658. The Morgan fingerprint density at radius 1 is 0.926 bits per heavy atom. The van der Waals surface area contributed by atoms with E-state index in [1.807, 2.05) is 49.4 Å². The van der Waals surface area contributed by atoms with Gasteiger partial charge in [0.1, 0.15) is 0 Å². The average molecular weight is 382 g/mol. The lowest BCUT2D eigenvalue weighted by atomic mass is 9.99. The number of carbonyl (C=O) groups is 1. The van der Waals surface area contributed by atoms with E-state index in [0.29, 0.717) is 0 Å². The zero-order valence-corrected chi connectivity index (χ0v) is 15.9. The Morgan fingerprint density at radius 2 is 1.59 bits per heavy atom. The van der Waals surface area contributed by atoms with Crippen molar-refractivity contribution in [2.75, 3.05) is 6.54 Å². The summed E-state index contributed by atoms with van der Waals surface area (Å²) >= 11 is 0. The van der Waals surface area contributed by atoms with Crippen LogP contribution >= 0.6 is 0 Å². The van der Waals surface area contributed by atoms with Crippen LogP contribution in [0.3, 0.4) is 0 Å². The second-order valence-corrected chi connectivity index (χ2v) is 8.09. The van der Waals surface area contributed by atoms with Crippen molar-refractivity contribution in [3.05, 3.63) is 78.4 Å². The highest BCUT2D eigenvalue weighted by Gasteiger charge is 2.15. The lowest BCUT2D eigenvalue weighted by Crippen LogP contribution is -2.32. The zero-order chi connectivity index (χ0) is 19.3. The van der Waals surface area contributed by atoms with Crippen LogP contribution in [0.1, 0.15) is 24.9 Å². The molecule has 27 heavy (non-hydrogen) atoms. The van der Waals surface area contributed by atoms with Crippen LogP contribution in [-0.2, 0) is 14.8 Å². The molecule has 0 aromatic heterocycles. The van der Waals surface area contributed by atoms with E-state index in [1.165, 1.54) is 12.1 Å². The fourth-order valence-electron chi connectivity index (χ4n) is 3.00. The van der Waals surface area contributed by atoms with E-state index in [9.17, 15) is 13.2 Å². The summed E-state index contributed by atoms with van der Waals surface area (Å²) in [4.78, 5) is 12.4. The fraction of sp³-hybridized carbons (Fsp3) is 0.190. The molecule has 1 amide bonds. The molecule has 0 spiro atoms. The first-order valence-corrected chi connectivity index (χ1v) is 10.3. The number of benzene rings is 3. The predicted molar refractivity (Wildman–Crippen MR) is 107 cm³/mol. The van der Waals surface area contributed by atoms with E-state index >= 15 is 0 Å². The molecular formula is C21H22N2O3S. The van der Waals surface area contributed by atoms with Crippen LogP contribution in [0.5, 0.6) is 0 Å². The van der Waals surface area contributed by atoms with E-state index in [-0.39, 0.29) is 29.8 Å². The molecule has 0 fully saturated rings. The molecule has 0 saturated heterocycles. The molecule has 5 nitrogen and oxygen atoms in total. The summed E-state index contributed by atoms with van der Waals surface area (Å²) in [6, 6.07) is 21.9. The number of hydrogen-bond acceptors (Lipinski definition) is 3. The van der Waals surface area contributed by atoms with Crippen LogP contribution in [0.15, 0.2) is 77.7 Å². The first kappa shape index (κ1) is 19.1. The third-order valence-corrected chi connectivity index (χ3v) is 5.84. The van der Waals surface area contributed by atoms with Gasteiger partial charge in [-0.1, -0.05) is 60.7 Å².